The molecule has 1 aromatic carbocycles. The van der Waals surface area contributed by atoms with Crippen LogP contribution in [0.2, 0.25) is 0 Å². The molecule has 0 heterocycles. The van der Waals surface area contributed by atoms with E-state index in [0.717, 1.165) is 0 Å². The van der Waals surface area contributed by atoms with Crippen molar-refractivity contribution in [1.82, 2.24) is 10.2 Å². The number of carboxylic acids is 1. The highest BCUT2D eigenvalue weighted by Gasteiger charge is 2.12. The summed E-state index contributed by atoms with van der Waals surface area (Å²) < 4.78 is 0. The Morgan fingerprint density at radius 1 is 1.24 bits per heavy atom. The smallest absolute Gasteiger partial charge is 0.336 e. The van der Waals surface area contributed by atoms with Crippen molar-refractivity contribution in [2.24, 2.45) is 0 Å². The Kier molecular flexibility index (Phi) is 5.71. The van der Waals surface area contributed by atoms with Gasteiger partial charge in [0.15, 0.2) is 0 Å². The predicted molar refractivity (Wildman–Crippen MR) is 78.5 cm³/mol. The Bertz CT molecular complexity index is 555. The van der Waals surface area contributed by atoms with Crippen LogP contribution in [0.1, 0.15) is 22.3 Å². The van der Waals surface area contributed by atoms with Crippen LogP contribution in [0, 0.1) is 6.92 Å². The lowest BCUT2D eigenvalue weighted by Crippen LogP contribution is -2.33. The first-order valence-electron chi connectivity index (χ1n) is 6.41. The first kappa shape index (κ1) is 16.5. The lowest BCUT2D eigenvalue weighted by molar-refractivity contribution is -0.128. The van der Waals surface area contributed by atoms with E-state index < -0.39 is 12.0 Å². The van der Waals surface area contributed by atoms with E-state index in [9.17, 15) is 14.4 Å². The van der Waals surface area contributed by atoms with Crippen LogP contribution in [0.5, 0.6) is 0 Å². The van der Waals surface area contributed by atoms with Gasteiger partial charge >= 0.3 is 12.0 Å². The van der Waals surface area contributed by atoms with Gasteiger partial charge in [0.2, 0.25) is 5.91 Å². The van der Waals surface area contributed by atoms with Crippen LogP contribution in [0.15, 0.2) is 18.2 Å². The summed E-state index contributed by atoms with van der Waals surface area (Å²) in [5.41, 5.74) is 1.03. The summed E-state index contributed by atoms with van der Waals surface area (Å²) in [6.45, 7) is 1.83. The van der Waals surface area contributed by atoms with E-state index in [1.807, 2.05) is 0 Å². The average molecular weight is 293 g/mol. The Morgan fingerprint density at radius 2 is 1.90 bits per heavy atom. The van der Waals surface area contributed by atoms with Gasteiger partial charge in [-0.25, -0.2) is 9.59 Å². The number of nitrogens with zero attached hydrogens (tertiary/aromatic N) is 1. The highest BCUT2D eigenvalue weighted by molar-refractivity contribution is 5.95. The standard InChI is InChI=1S/C14H19N3O4/c1-9-10(13(19)20)5-4-6-11(9)16-14(21)15-8-7-12(18)17(2)3/h4-6H,7-8H2,1-3H3,(H,19,20)(H2,15,16,21). The third-order valence-electron chi connectivity index (χ3n) is 2.94. The van der Waals surface area contributed by atoms with E-state index in [0.29, 0.717) is 11.3 Å². The summed E-state index contributed by atoms with van der Waals surface area (Å²) >= 11 is 0. The fraction of sp³-hybridized carbons (Fsp3) is 0.357. The van der Waals surface area contributed by atoms with Gasteiger partial charge in [0.25, 0.3) is 0 Å². The average Bonchev–Trinajstić information content (AvgIpc) is 2.40. The van der Waals surface area contributed by atoms with Gasteiger partial charge in [-0.2, -0.15) is 0 Å². The summed E-state index contributed by atoms with van der Waals surface area (Å²) in [5.74, 6) is -1.13. The fourth-order valence-corrected chi connectivity index (χ4v) is 1.68. The molecule has 0 unspecified atom stereocenters. The maximum atomic E-state index is 11.7. The minimum absolute atomic E-state index is 0.0839. The van der Waals surface area contributed by atoms with Gasteiger partial charge in [-0.05, 0) is 24.6 Å². The van der Waals surface area contributed by atoms with Crippen molar-refractivity contribution in [1.29, 1.82) is 0 Å². The van der Waals surface area contributed by atoms with Gasteiger partial charge in [-0.15, -0.1) is 0 Å². The van der Waals surface area contributed by atoms with Crippen LogP contribution in [0.25, 0.3) is 0 Å². The van der Waals surface area contributed by atoms with E-state index >= 15 is 0 Å². The number of urea groups is 1. The Morgan fingerprint density at radius 3 is 2.48 bits per heavy atom. The molecule has 0 radical (unpaired) electrons. The van der Waals surface area contributed by atoms with Gasteiger partial charge in [-0.1, -0.05) is 6.07 Å². The monoisotopic (exact) mass is 293 g/mol. The summed E-state index contributed by atoms with van der Waals surface area (Å²) in [6, 6.07) is 4.16. The first-order chi connectivity index (χ1) is 9.82. The van der Waals surface area contributed by atoms with Crippen molar-refractivity contribution >= 4 is 23.6 Å². The molecule has 0 aliphatic rings. The molecule has 0 spiro atoms. The molecule has 7 nitrogen and oxygen atoms in total. The molecule has 0 saturated carbocycles. The number of nitrogens with one attached hydrogen (secondary N) is 2. The van der Waals surface area contributed by atoms with E-state index in [-0.39, 0.29) is 24.4 Å². The Labute approximate surface area is 122 Å². The van der Waals surface area contributed by atoms with Crippen LogP contribution in [0.3, 0.4) is 0 Å². The maximum absolute atomic E-state index is 11.7. The minimum Gasteiger partial charge on any atom is -0.478 e. The Hall–Kier alpha value is -2.57. The highest BCUT2D eigenvalue weighted by atomic mass is 16.4. The van der Waals surface area contributed by atoms with Crippen molar-refractivity contribution < 1.29 is 19.5 Å². The lowest BCUT2D eigenvalue weighted by Gasteiger charge is -2.12. The van der Waals surface area contributed by atoms with E-state index in [4.69, 9.17) is 5.11 Å². The van der Waals surface area contributed by atoms with Crippen molar-refractivity contribution in [2.45, 2.75) is 13.3 Å². The second-order valence-corrected chi connectivity index (χ2v) is 4.70. The van der Waals surface area contributed by atoms with E-state index in [1.54, 1.807) is 33.2 Å². The van der Waals surface area contributed by atoms with Gasteiger partial charge in [0.05, 0.1) is 5.56 Å². The number of carbonyl (C=O) groups excluding carboxylic acids is 2. The van der Waals surface area contributed by atoms with Gasteiger partial charge < -0.3 is 20.6 Å². The topological polar surface area (TPSA) is 98.7 Å². The van der Waals surface area contributed by atoms with Crippen LogP contribution in [-0.2, 0) is 4.79 Å². The number of rotatable bonds is 5. The van der Waals surface area contributed by atoms with Crippen LogP contribution >= 0.6 is 0 Å². The number of amides is 3. The zero-order chi connectivity index (χ0) is 16.0. The van der Waals surface area contributed by atoms with Crippen molar-refractivity contribution in [3.05, 3.63) is 29.3 Å². The molecule has 0 aliphatic heterocycles. The number of carbonyl (C=O) groups is 3. The summed E-state index contributed by atoms with van der Waals surface area (Å²) in [5, 5.41) is 14.1. The number of anilines is 1. The number of benzene rings is 1. The molecule has 0 aromatic heterocycles. The molecule has 1 rings (SSSR count). The molecule has 3 amide bonds. The van der Waals surface area contributed by atoms with Crippen LogP contribution in [0.4, 0.5) is 10.5 Å². The molecule has 114 valence electrons. The normalized spacial score (nSPS) is 9.86. The molecule has 0 aliphatic carbocycles. The largest absolute Gasteiger partial charge is 0.478 e. The second kappa shape index (κ2) is 7.28. The zero-order valence-corrected chi connectivity index (χ0v) is 12.3. The summed E-state index contributed by atoms with van der Waals surface area (Å²) in [6.07, 6.45) is 0.203. The highest BCUT2D eigenvalue weighted by Crippen LogP contribution is 2.18. The van der Waals surface area contributed by atoms with Gasteiger partial charge in [0, 0.05) is 32.7 Å². The fourth-order valence-electron chi connectivity index (χ4n) is 1.68. The quantitative estimate of drug-likeness (QED) is 0.762. The van der Waals surface area contributed by atoms with E-state index in [2.05, 4.69) is 10.6 Å². The third-order valence-corrected chi connectivity index (χ3v) is 2.94. The summed E-state index contributed by atoms with van der Waals surface area (Å²) in [7, 11) is 3.28. The van der Waals surface area contributed by atoms with E-state index in [1.165, 1.54) is 11.0 Å². The summed E-state index contributed by atoms with van der Waals surface area (Å²) in [4.78, 5) is 35.5. The van der Waals surface area contributed by atoms with Crippen LogP contribution in [-0.4, -0.2) is 48.6 Å². The molecular weight excluding hydrogens is 274 g/mol. The number of aromatic carboxylic acids is 1. The molecule has 0 bridgehead atoms. The van der Waals surface area contributed by atoms with Gasteiger partial charge in [-0.3, -0.25) is 4.79 Å². The molecule has 0 atom stereocenters. The Balaban J connectivity index is 2.58. The van der Waals surface area contributed by atoms with Gasteiger partial charge in [0.1, 0.15) is 0 Å². The zero-order valence-electron chi connectivity index (χ0n) is 12.3. The third kappa shape index (κ3) is 4.79. The first-order valence-corrected chi connectivity index (χ1v) is 6.41. The van der Waals surface area contributed by atoms with Crippen molar-refractivity contribution in [2.75, 3.05) is 26.0 Å². The predicted octanol–water partition coefficient (Wildman–Crippen LogP) is 1.29. The number of hydrogen-bond acceptors (Lipinski definition) is 3. The molecule has 0 fully saturated rings. The second-order valence-electron chi connectivity index (χ2n) is 4.70. The maximum Gasteiger partial charge on any atom is 0.336 e. The van der Waals surface area contributed by atoms with Crippen molar-refractivity contribution in [3.63, 3.8) is 0 Å². The molecule has 21 heavy (non-hydrogen) atoms. The van der Waals surface area contributed by atoms with Crippen LogP contribution < -0.4 is 10.6 Å². The SMILES string of the molecule is Cc1c(NC(=O)NCCC(=O)N(C)C)cccc1C(=O)O. The van der Waals surface area contributed by atoms with Crippen molar-refractivity contribution in [3.8, 4) is 0 Å². The molecular formula is C14H19N3O4. The number of hydrogen-bond donors (Lipinski definition) is 3. The molecule has 0 saturated heterocycles. The molecule has 7 heteroatoms. The number of carboxylic acid groups (broad SMARTS) is 1. The lowest BCUT2D eigenvalue weighted by atomic mass is 10.1. The molecule has 3 N–H and O–H groups in total. The minimum atomic E-state index is -1.05. The molecule has 1 aromatic rings.